The van der Waals surface area contributed by atoms with Crippen LogP contribution in [0.4, 0.5) is 0 Å². The van der Waals surface area contributed by atoms with E-state index in [-0.39, 0.29) is 40.9 Å². The van der Waals surface area contributed by atoms with Crippen LogP contribution < -0.4 is 0 Å². The number of carbonyl (C=O) groups is 5. The first-order chi connectivity index (χ1) is 35.4. The number of ether oxygens (including phenoxy) is 6. The van der Waals surface area contributed by atoms with Crippen molar-refractivity contribution in [1.82, 2.24) is 0 Å². The molecule has 0 aliphatic rings. The number of carbonyl (C=O) groups excluding carboxylic acids is 5. The highest BCUT2D eigenvalue weighted by atomic mass is 32.2. The number of hydrogen-bond acceptors (Lipinski definition) is 27. The maximum absolute atomic E-state index is 13.3. The van der Waals surface area contributed by atoms with E-state index < -0.39 is 124 Å². The average molecular weight is 1170 g/mol. The number of aliphatic hydroxyl groups excluding tert-OH is 1. The van der Waals surface area contributed by atoms with Crippen LogP contribution >= 0.6 is 35.3 Å². The Morgan fingerprint density at radius 1 is 0.493 bits per heavy atom. The van der Waals surface area contributed by atoms with E-state index in [0.29, 0.717) is 35.3 Å². The van der Waals surface area contributed by atoms with Crippen molar-refractivity contribution in [1.29, 1.82) is 0 Å². The molecule has 1 N–H and O–H groups in total. The molecule has 3 aromatic carbocycles. The first-order valence-electron chi connectivity index (χ1n) is 22.1. The first-order valence-corrected chi connectivity index (χ1v) is 29.3. The van der Waals surface area contributed by atoms with Crippen LogP contribution in [0.25, 0.3) is 0 Å². The molecule has 30 heteroatoms. The van der Waals surface area contributed by atoms with Crippen LogP contribution in [0.15, 0.2) is 103 Å². The van der Waals surface area contributed by atoms with E-state index in [1.54, 1.807) is 27.7 Å². The zero-order valence-corrected chi connectivity index (χ0v) is 46.4. The van der Waals surface area contributed by atoms with Crippen LogP contribution in [-0.4, -0.2) is 139 Å². The SMILES string of the molecule is CCOC(=O)/C(=N/OS(=O)(=O)c1ccc(C)cc1)SCC(=O)OCC(CC)(COC(=O)CS/C(=N\OS(=O)(=O)c1ccc(C)cc1)C(=O)OCC)COC(=O)CS/C(=N\OS(=O)(=O)c1ccc(C)cc1)C(O)OCC. The summed E-state index contributed by atoms with van der Waals surface area (Å²) in [5.74, 6) is -7.38. The molecule has 0 amide bonds. The average Bonchev–Trinajstić information content (AvgIpc) is 3.36. The van der Waals surface area contributed by atoms with Crippen molar-refractivity contribution in [2.24, 2.45) is 20.9 Å². The van der Waals surface area contributed by atoms with Crippen LogP contribution in [0.1, 0.15) is 50.8 Å². The zero-order valence-electron chi connectivity index (χ0n) is 41.5. The van der Waals surface area contributed by atoms with Gasteiger partial charge in [0.25, 0.3) is 0 Å². The van der Waals surface area contributed by atoms with E-state index in [4.69, 9.17) is 41.3 Å². The Hall–Kier alpha value is -5.76. The van der Waals surface area contributed by atoms with Crippen LogP contribution in [0.3, 0.4) is 0 Å². The van der Waals surface area contributed by atoms with Crippen molar-refractivity contribution in [3.63, 3.8) is 0 Å². The normalized spacial score (nSPS) is 13.6. The third-order valence-corrected chi connectivity index (χ3v) is 15.5. The van der Waals surface area contributed by atoms with Crippen molar-refractivity contribution in [2.75, 3.05) is 56.9 Å². The molecule has 1 unspecified atom stereocenters. The summed E-state index contributed by atoms with van der Waals surface area (Å²) in [4.78, 5) is 64.4. The summed E-state index contributed by atoms with van der Waals surface area (Å²) in [5.41, 5.74) is 0.713. The molecule has 0 radical (unpaired) electrons. The number of hydrogen-bond donors (Lipinski definition) is 1. The zero-order chi connectivity index (χ0) is 55.8. The van der Waals surface area contributed by atoms with Crippen LogP contribution in [-0.2, 0) is 95.6 Å². The van der Waals surface area contributed by atoms with Crippen molar-refractivity contribution >= 4 is 111 Å². The monoisotopic (exact) mass is 1170 g/mol. The van der Waals surface area contributed by atoms with Gasteiger partial charge in [-0.2, -0.15) is 25.3 Å². The van der Waals surface area contributed by atoms with E-state index in [1.165, 1.54) is 93.6 Å². The number of thioether (sulfide) groups is 3. The molecule has 3 aromatic rings. The molecule has 0 aliphatic carbocycles. The lowest BCUT2D eigenvalue weighted by atomic mass is 9.88. The Morgan fingerprint density at radius 3 is 1.12 bits per heavy atom. The lowest BCUT2D eigenvalue weighted by Crippen LogP contribution is -2.39. The Kier molecular flexibility index (Phi) is 26.0. The topological polar surface area (TPSA) is 328 Å². The van der Waals surface area contributed by atoms with Gasteiger partial charge in [0.15, 0.2) is 5.04 Å². The quantitative estimate of drug-likeness (QED) is 0.0268. The van der Waals surface area contributed by atoms with Gasteiger partial charge in [-0.3, -0.25) is 27.2 Å². The van der Waals surface area contributed by atoms with Gasteiger partial charge in [-0.1, -0.05) is 111 Å². The largest absolute Gasteiger partial charge is 0.464 e. The van der Waals surface area contributed by atoms with Gasteiger partial charge in [0.1, 0.15) is 34.5 Å². The molecule has 412 valence electrons. The minimum Gasteiger partial charge on any atom is -0.464 e. The molecule has 0 saturated carbocycles. The van der Waals surface area contributed by atoms with Crippen molar-refractivity contribution in [2.45, 2.75) is 75.9 Å². The smallest absolute Gasteiger partial charge is 0.367 e. The van der Waals surface area contributed by atoms with Crippen LogP contribution in [0, 0.1) is 26.2 Å². The number of aryl methyl sites for hydroxylation is 3. The van der Waals surface area contributed by atoms with Gasteiger partial charge in [0.2, 0.25) is 16.4 Å². The van der Waals surface area contributed by atoms with Crippen molar-refractivity contribution in [3.8, 4) is 0 Å². The molecule has 0 saturated heterocycles. The highest BCUT2D eigenvalue weighted by Gasteiger charge is 2.35. The van der Waals surface area contributed by atoms with E-state index in [1.807, 2.05) is 0 Å². The molecule has 75 heavy (non-hydrogen) atoms. The van der Waals surface area contributed by atoms with Gasteiger partial charge in [-0.15, -0.1) is 0 Å². The molecule has 0 aromatic heterocycles. The maximum Gasteiger partial charge on any atom is 0.367 e. The van der Waals surface area contributed by atoms with Crippen LogP contribution in [0.5, 0.6) is 0 Å². The minimum atomic E-state index is -4.52. The standard InChI is InChI=1S/C45H55N3O21S6/c1-8-45(27-64-36(49)24-70-39(42(52)61-9-2)46-67-73(55,56)33-18-12-30(5)13-19-33,28-65-37(50)25-71-40(43(53)62-10-3)47-68-74(57,58)34-20-14-31(6)15-21-34)29-66-38(51)26-72-41(44(54)63-11-4)48-69-75(59,60)35-22-16-32(7)17-23-35/h12-23,42,52H,8-11,24-29H2,1-7H3/b46-39-,47-40-,48-41-. The fourth-order valence-electron chi connectivity index (χ4n) is 5.14. The number of rotatable bonds is 27. The highest BCUT2D eigenvalue weighted by molar-refractivity contribution is 8.16. The van der Waals surface area contributed by atoms with Crippen molar-refractivity contribution in [3.05, 3.63) is 89.5 Å². The maximum atomic E-state index is 13.3. The Labute approximate surface area is 446 Å². The summed E-state index contributed by atoms with van der Waals surface area (Å²) in [6.45, 7) is 8.89. The van der Waals surface area contributed by atoms with Gasteiger partial charge in [0, 0.05) is 6.61 Å². The second kappa shape index (κ2) is 30.7. The summed E-state index contributed by atoms with van der Waals surface area (Å²) in [6.07, 6.45) is -1.89. The summed E-state index contributed by atoms with van der Waals surface area (Å²) < 4.78 is 122. The highest BCUT2D eigenvalue weighted by Crippen LogP contribution is 2.27. The number of nitrogens with zero attached hydrogens (tertiary/aromatic N) is 3. The van der Waals surface area contributed by atoms with E-state index in [0.717, 1.165) is 16.7 Å². The summed E-state index contributed by atoms with van der Waals surface area (Å²) in [6, 6.07) is 16.6. The predicted molar refractivity (Wildman–Crippen MR) is 275 cm³/mol. The van der Waals surface area contributed by atoms with Gasteiger partial charge < -0.3 is 33.5 Å². The Morgan fingerprint density at radius 2 is 0.813 bits per heavy atom. The van der Waals surface area contributed by atoms with Crippen molar-refractivity contribution < 1.29 is 95.6 Å². The number of oxime groups is 3. The van der Waals surface area contributed by atoms with E-state index in [2.05, 4.69) is 15.5 Å². The molecule has 0 aliphatic heterocycles. The second-order valence-corrected chi connectivity index (χ2v) is 22.7. The van der Waals surface area contributed by atoms with Crippen LogP contribution in [0.2, 0.25) is 0 Å². The molecule has 0 bridgehead atoms. The molecule has 0 heterocycles. The minimum absolute atomic E-state index is 0.0464. The molecular weight excluding hydrogens is 1110 g/mol. The van der Waals surface area contributed by atoms with Gasteiger partial charge in [-0.25, -0.2) is 9.59 Å². The molecule has 0 spiro atoms. The second-order valence-electron chi connectivity index (χ2n) is 15.2. The summed E-state index contributed by atoms with van der Waals surface area (Å²) >= 11 is 1.29. The van der Waals surface area contributed by atoms with E-state index in [9.17, 15) is 54.3 Å². The number of aliphatic hydroxyl groups is 1. The third kappa shape index (κ3) is 21.8. The Bertz CT molecular complexity index is 2730. The summed E-state index contributed by atoms with van der Waals surface area (Å²) in [7, 11) is -13.5. The molecular formula is C45H55N3O21S6. The van der Waals surface area contributed by atoms with Gasteiger partial charge in [-0.05, 0) is 84.4 Å². The lowest BCUT2D eigenvalue weighted by molar-refractivity contribution is -0.159. The molecule has 0 fully saturated rings. The van der Waals surface area contributed by atoms with Gasteiger partial charge >= 0.3 is 60.2 Å². The fourth-order valence-corrected chi connectivity index (χ4v) is 9.33. The van der Waals surface area contributed by atoms with Gasteiger partial charge in [0.05, 0.1) is 35.9 Å². The van der Waals surface area contributed by atoms with E-state index >= 15 is 0 Å². The first kappa shape index (κ1) is 63.5. The molecule has 24 nitrogen and oxygen atoms in total. The summed E-state index contributed by atoms with van der Waals surface area (Å²) in [5, 5.41) is 19.1. The fraction of sp³-hybridized carbons (Fsp3) is 0.422. The molecule has 3 rings (SSSR count). The number of benzene rings is 3. The Balaban J connectivity index is 1.83. The molecule has 1 atom stereocenters. The lowest BCUT2D eigenvalue weighted by Gasteiger charge is -2.31. The number of esters is 5. The predicted octanol–water partition coefficient (Wildman–Crippen LogP) is 4.78. The third-order valence-electron chi connectivity index (χ3n) is 9.39.